The molecule has 0 amide bonds. The van der Waals surface area contributed by atoms with Crippen molar-refractivity contribution in [1.29, 1.82) is 0 Å². The highest BCUT2D eigenvalue weighted by Gasteiger charge is 2.26. The number of nitrogens with zero attached hydrogens (tertiary/aromatic N) is 2. The molecule has 2 atom stereocenters. The van der Waals surface area contributed by atoms with Gasteiger partial charge >= 0.3 is 0 Å². The van der Waals surface area contributed by atoms with Gasteiger partial charge in [0.05, 0.1) is 13.2 Å². The van der Waals surface area contributed by atoms with Crippen molar-refractivity contribution in [3.63, 3.8) is 0 Å². The first-order valence-electron chi connectivity index (χ1n) is 8.51. The third-order valence-electron chi connectivity index (χ3n) is 4.80. The molecule has 5 nitrogen and oxygen atoms in total. The van der Waals surface area contributed by atoms with Crippen LogP contribution < -0.4 is 10.1 Å². The number of ether oxygens (including phenoxy) is 2. The molecule has 0 spiro atoms. The smallest absolute Gasteiger partial charge is 0.193 e. The molecule has 126 valence electrons. The van der Waals surface area contributed by atoms with Crippen molar-refractivity contribution < 1.29 is 9.47 Å². The third kappa shape index (κ3) is 3.96. The van der Waals surface area contributed by atoms with Gasteiger partial charge in [-0.15, -0.1) is 0 Å². The molecule has 0 bridgehead atoms. The monoisotopic (exact) mass is 317 g/mol. The molecule has 2 saturated heterocycles. The molecule has 0 radical (unpaired) electrons. The minimum absolute atomic E-state index is 0.340. The molecule has 1 aromatic rings. The van der Waals surface area contributed by atoms with E-state index in [0.29, 0.717) is 12.0 Å². The lowest BCUT2D eigenvalue weighted by molar-refractivity contribution is 0.113. The van der Waals surface area contributed by atoms with Crippen LogP contribution in [0.25, 0.3) is 0 Å². The molecule has 23 heavy (non-hydrogen) atoms. The fraction of sp³-hybridized carbons (Fsp3) is 0.611. The zero-order valence-corrected chi connectivity index (χ0v) is 14.1. The average molecular weight is 317 g/mol. The minimum Gasteiger partial charge on any atom is -0.497 e. The van der Waals surface area contributed by atoms with Crippen molar-refractivity contribution in [2.45, 2.75) is 31.3 Å². The van der Waals surface area contributed by atoms with E-state index in [9.17, 15) is 0 Å². The van der Waals surface area contributed by atoms with Gasteiger partial charge in [0.2, 0.25) is 0 Å². The largest absolute Gasteiger partial charge is 0.497 e. The van der Waals surface area contributed by atoms with Gasteiger partial charge in [-0.25, -0.2) is 0 Å². The molecule has 1 aromatic carbocycles. The number of likely N-dealkylation sites (tertiary alicyclic amines) is 1. The highest BCUT2D eigenvalue weighted by molar-refractivity contribution is 5.80. The first-order chi connectivity index (χ1) is 11.3. The van der Waals surface area contributed by atoms with E-state index in [1.165, 1.54) is 12.0 Å². The van der Waals surface area contributed by atoms with E-state index < -0.39 is 0 Å². The molecule has 5 heteroatoms. The predicted octanol–water partition coefficient (Wildman–Crippen LogP) is 2.24. The van der Waals surface area contributed by atoms with Gasteiger partial charge in [0.1, 0.15) is 5.75 Å². The van der Waals surface area contributed by atoms with Gasteiger partial charge in [-0.3, -0.25) is 4.99 Å². The highest BCUT2D eigenvalue weighted by atomic mass is 16.5. The number of aliphatic imine (C=N–C) groups is 1. The van der Waals surface area contributed by atoms with Gasteiger partial charge in [-0.2, -0.15) is 0 Å². The molecule has 2 unspecified atom stereocenters. The van der Waals surface area contributed by atoms with Crippen LogP contribution in [0.4, 0.5) is 0 Å². The maximum atomic E-state index is 5.67. The van der Waals surface area contributed by atoms with Crippen LogP contribution in [0.1, 0.15) is 30.7 Å². The fourth-order valence-electron chi connectivity index (χ4n) is 3.44. The summed E-state index contributed by atoms with van der Waals surface area (Å²) in [6.07, 6.45) is 3.83. The Morgan fingerprint density at radius 1 is 1.35 bits per heavy atom. The molecule has 2 heterocycles. The lowest BCUT2D eigenvalue weighted by atomic mass is 9.98. The van der Waals surface area contributed by atoms with Crippen LogP contribution >= 0.6 is 0 Å². The van der Waals surface area contributed by atoms with Crippen LogP contribution in [-0.2, 0) is 4.74 Å². The van der Waals surface area contributed by atoms with E-state index in [0.717, 1.165) is 50.8 Å². The summed E-state index contributed by atoms with van der Waals surface area (Å²) in [6.45, 7) is 3.81. The Morgan fingerprint density at radius 3 is 2.83 bits per heavy atom. The molecule has 0 aromatic heterocycles. The fourth-order valence-corrected chi connectivity index (χ4v) is 3.44. The summed E-state index contributed by atoms with van der Waals surface area (Å²) < 4.78 is 10.9. The van der Waals surface area contributed by atoms with Crippen LogP contribution in [0, 0.1) is 0 Å². The van der Waals surface area contributed by atoms with Gasteiger partial charge in [0.25, 0.3) is 0 Å². The molecular weight excluding hydrogens is 290 g/mol. The lowest BCUT2D eigenvalue weighted by Crippen LogP contribution is -2.42. The first-order valence-corrected chi connectivity index (χ1v) is 8.51. The van der Waals surface area contributed by atoms with Crippen molar-refractivity contribution in [1.82, 2.24) is 10.2 Å². The molecule has 2 aliphatic heterocycles. The van der Waals surface area contributed by atoms with E-state index in [2.05, 4.69) is 27.3 Å². The topological polar surface area (TPSA) is 46.1 Å². The molecular formula is C18H27N3O2. The number of nitrogens with one attached hydrogen (secondary N) is 1. The second kappa shape index (κ2) is 7.68. The Labute approximate surface area is 138 Å². The van der Waals surface area contributed by atoms with Crippen molar-refractivity contribution in [3.8, 4) is 5.75 Å². The number of benzene rings is 1. The minimum atomic E-state index is 0.340. The second-order valence-electron chi connectivity index (χ2n) is 6.27. The number of hydrogen-bond donors (Lipinski definition) is 1. The quantitative estimate of drug-likeness (QED) is 0.683. The molecule has 3 rings (SSSR count). The van der Waals surface area contributed by atoms with Crippen molar-refractivity contribution in [3.05, 3.63) is 29.8 Å². The summed E-state index contributed by atoms with van der Waals surface area (Å²) in [6, 6.07) is 8.44. The number of guanidine groups is 1. The predicted molar refractivity (Wildman–Crippen MR) is 92.3 cm³/mol. The summed E-state index contributed by atoms with van der Waals surface area (Å²) in [5.41, 5.74) is 1.38. The average Bonchev–Trinajstić information content (AvgIpc) is 3.27. The number of rotatable bonds is 4. The van der Waals surface area contributed by atoms with Crippen LogP contribution in [-0.4, -0.2) is 57.4 Å². The summed E-state index contributed by atoms with van der Waals surface area (Å²) in [5.74, 6) is 2.47. The normalized spacial score (nSPS) is 25.0. The van der Waals surface area contributed by atoms with E-state index in [-0.39, 0.29) is 0 Å². The van der Waals surface area contributed by atoms with E-state index in [1.807, 2.05) is 19.2 Å². The number of hydrogen-bond acceptors (Lipinski definition) is 3. The summed E-state index contributed by atoms with van der Waals surface area (Å²) in [7, 11) is 3.56. The Morgan fingerprint density at radius 2 is 2.17 bits per heavy atom. The van der Waals surface area contributed by atoms with Gasteiger partial charge in [-0.1, -0.05) is 12.1 Å². The Balaban J connectivity index is 1.54. The van der Waals surface area contributed by atoms with Crippen LogP contribution in [0.2, 0.25) is 0 Å². The SMILES string of the molecule is CN=C(NCC1CCCO1)N1CCC(c2ccc(OC)cc2)C1. The van der Waals surface area contributed by atoms with Gasteiger partial charge in [0, 0.05) is 39.2 Å². The summed E-state index contributed by atoms with van der Waals surface area (Å²) in [4.78, 5) is 6.79. The standard InChI is InChI=1S/C18H27N3O2/c1-19-18(20-12-17-4-3-11-23-17)21-10-9-15(13-21)14-5-7-16(22-2)8-6-14/h5-8,15,17H,3-4,9-13H2,1-2H3,(H,19,20). The zero-order chi connectivity index (χ0) is 16.1. The Hall–Kier alpha value is -1.75. The lowest BCUT2D eigenvalue weighted by Gasteiger charge is -2.23. The van der Waals surface area contributed by atoms with Gasteiger partial charge in [0.15, 0.2) is 5.96 Å². The number of methoxy groups -OCH3 is 1. The molecule has 2 aliphatic rings. The van der Waals surface area contributed by atoms with E-state index in [1.54, 1.807) is 7.11 Å². The van der Waals surface area contributed by atoms with Crippen molar-refractivity contribution in [2.24, 2.45) is 4.99 Å². The van der Waals surface area contributed by atoms with E-state index >= 15 is 0 Å². The third-order valence-corrected chi connectivity index (χ3v) is 4.80. The highest BCUT2D eigenvalue weighted by Crippen LogP contribution is 2.28. The van der Waals surface area contributed by atoms with Crippen LogP contribution in [0.5, 0.6) is 5.75 Å². The Bertz CT molecular complexity index is 524. The maximum absolute atomic E-state index is 5.67. The van der Waals surface area contributed by atoms with Gasteiger partial charge in [-0.05, 0) is 37.0 Å². The molecule has 2 fully saturated rings. The molecule has 1 N–H and O–H groups in total. The Kier molecular flexibility index (Phi) is 5.39. The summed E-state index contributed by atoms with van der Waals surface area (Å²) in [5, 5.41) is 3.47. The zero-order valence-electron chi connectivity index (χ0n) is 14.1. The molecule has 0 aliphatic carbocycles. The first kappa shape index (κ1) is 16.1. The van der Waals surface area contributed by atoms with Gasteiger partial charge < -0.3 is 19.7 Å². The van der Waals surface area contributed by atoms with Crippen LogP contribution in [0.15, 0.2) is 29.3 Å². The summed E-state index contributed by atoms with van der Waals surface area (Å²) >= 11 is 0. The van der Waals surface area contributed by atoms with E-state index in [4.69, 9.17) is 9.47 Å². The van der Waals surface area contributed by atoms with Crippen molar-refractivity contribution in [2.75, 3.05) is 40.4 Å². The second-order valence-corrected chi connectivity index (χ2v) is 6.27. The maximum Gasteiger partial charge on any atom is 0.193 e. The van der Waals surface area contributed by atoms with Crippen LogP contribution in [0.3, 0.4) is 0 Å². The molecule has 0 saturated carbocycles. The van der Waals surface area contributed by atoms with Crippen molar-refractivity contribution >= 4 is 5.96 Å².